The van der Waals surface area contributed by atoms with E-state index in [-0.39, 0.29) is 0 Å². The summed E-state index contributed by atoms with van der Waals surface area (Å²) >= 11 is 0. The van der Waals surface area contributed by atoms with Crippen molar-refractivity contribution >= 4 is 0 Å². The minimum Gasteiger partial charge on any atom is -0.497 e. The van der Waals surface area contributed by atoms with Crippen LogP contribution in [-0.2, 0) is 4.74 Å². The second kappa shape index (κ2) is 2.79. The van der Waals surface area contributed by atoms with Crippen molar-refractivity contribution in [3.05, 3.63) is 29.8 Å². The molecule has 12 heavy (non-hydrogen) atoms. The van der Waals surface area contributed by atoms with Crippen LogP contribution in [0, 0.1) is 0 Å². The molecule has 1 aromatic rings. The van der Waals surface area contributed by atoms with Gasteiger partial charge in [0.15, 0.2) is 0 Å². The Hall–Kier alpha value is -1.02. The van der Waals surface area contributed by atoms with Gasteiger partial charge >= 0.3 is 0 Å². The Labute approximate surface area is 72.1 Å². The molecule has 64 valence electrons. The number of hydrogen-bond acceptors (Lipinski definition) is 2. The van der Waals surface area contributed by atoms with Crippen molar-refractivity contribution < 1.29 is 9.47 Å². The molecule has 1 aromatic carbocycles. The van der Waals surface area contributed by atoms with Crippen LogP contribution in [0.2, 0.25) is 0 Å². The fourth-order valence-corrected chi connectivity index (χ4v) is 1.33. The zero-order valence-electron chi connectivity index (χ0n) is 7.28. The number of epoxide rings is 1. The van der Waals surface area contributed by atoms with Gasteiger partial charge in [0.25, 0.3) is 0 Å². The molecule has 1 fully saturated rings. The summed E-state index contributed by atoms with van der Waals surface area (Å²) in [4.78, 5) is 0. The Balaban J connectivity index is 2.14. The van der Waals surface area contributed by atoms with Crippen LogP contribution in [-0.4, -0.2) is 13.2 Å². The SMILES string of the molecule is COc1ccc(C2OC2C)cc1. The molecule has 2 rings (SSSR count). The first kappa shape index (κ1) is 7.62. The standard InChI is InChI=1S/C10H12O2/c1-7-10(12-7)8-3-5-9(11-2)6-4-8/h3-7,10H,1-2H3. The van der Waals surface area contributed by atoms with Gasteiger partial charge in [-0.05, 0) is 24.6 Å². The summed E-state index contributed by atoms with van der Waals surface area (Å²) in [5.41, 5.74) is 1.24. The van der Waals surface area contributed by atoms with E-state index in [0.29, 0.717) is 12.2 Å². The first-order chi connectivity index (χ1) is 5.81. The molecule has 2 unspecified atom stereocenters. The van der Waals surface area contributed by atoms with E-state index in [1.165, 1.54) is 5.56 Å². The molecule has 0 aliphatic carbocycles. The van der Waals surface area contributed by atoms with E-state index >= 15 is 0 Å². The van der Waals surface area contributed by atoms with E-state index in [9.17, 15) is 0 Å². The maximum atomic E-state index is 5.34. The molecule has 0 bridgehead atoms. The molecule has 1 saturated heterocycles. The summed E-state index contributed by atoms with van der Waals surface area (Å²) in [5.74, 6) is 0.895. The van der Waals surface area contributed by atoms with Gasteiger partial charge in [0.2, 0.25) is 0 Å². The van der Waals surface area contributed by atoms with Crippen LogP contribution in [0.3, 0.4) is 0 Å². The van der Waals surface area contributed by atoms with Crippen molar-refractivity contribution in [1.82, 2.24) is 0 Å². The molecule has 1 aliphatic heterocycles. The van der Waals surface area contributed by atoms with E-state index < -0.39 is 0 Å². The molecule has 2 nitrogen and oxygen atoms in total. The lowest BCUT2D eigenvalue weighted by Gasteiger charge is -1.99. The van der Waals surface area contributed by atoms with E-state index in [2.05, 4.69) is 6.92 Å². The van der Waals surface area contributed by atoms with E-state index in [4.69, 9.17) is 9.47 Å². The predicted octanol–water partition coefficient (Wildman–Crippen LogP) is 2.16. The Kier molecular flexibility index (Phi) is 1.77. The maximum Gasteiger partial charge on any atom is 0.118 e. The molecular weight excluding hydrogens is 152 g/mol. The molecule has 2 atom stereocenters. The third-order valence-corrected chi connectivity index (χ3v) is 2.16. The Morgan fingerprint density at radius 3 is 2.25 bits per heavy atom. The highest BCUT2D eigenvalue weighted by molar-refractivity contribution is 5.30. The van der Waals surface area contributed by atoms with Crippen molar-refractivity contribution in [2.45, 2.75) is 19.1 Å². The summed E-state index contributed by atoms with van der Waals surface area (Å²) in [6, 6.07) is 8.02. The van der Waals surface area contributed by atoms with E-state index in [0.717, 1.165) is 5.75 Å². The first-order valence-electron chi connectivity index (χ1n) is 4.10. The third-order valence-electron chi connectivity index (χ3n) is 2.16. The summed E-state index contributed by atoms with van der Waals surface area (Å²) in [7, 11) is 1.67. The molecular formula is C10H12O2. The molecule has 1 heterocycles. The fourth-order valence-electron chi connectivity index (χ4n) is 1.33. The highest BCUT2D eigenvalue weighted by atomic mass is 16.6. The van der Waals surface area contributed by atoms with Crippen LogP contribution in [0.5, 0.6) is 5.75 Å². The molecule has 0 aromatic heterocycles. The van der Waals surface area contributed by atoms with E-state index in [1.54, 1.807) is 7.11 Å². The van der Waals surface area contributed by atoms with Gasteiger partial charge in [-0.3, -0.25) is 0 Å². The van der Waals surface area contributed by atoms with Gasteiger partial charge in [0, 0.05) is 0 Å². The Morgan fingerprint density at radius 1 is 1.25 bits per heavy atom. The van der Waals surface area contributed by atoms with Gasteiger partial charge in [-0.1, -0.05) is 12.1 Å². The fraction of sp³-hybridized carbons (Fsp3) is 0.400. The number of benzene rings is 1. The van der Waals surface area contributed by atoms with Crippen LogP contribution >= 0.6 is 0 Å². The first-order valence-corrected chi connectivity index (χ1v) is 4.10. The molecule has 0 amide bonds. The number of methoxy groups -OCH3 is 1. The van der Waals surface area contributed by atoms with Gasteiger partial charge in [0.1, 0.15) is 11.9 Å². The van der Waals surface area contributed by atoms with Crippen molar-refractivity contribution in [3.8, 4) is 5.75 Å². The molecule has 0 spiro atoms. The summed E-state index contributed by atoms with van der Waals surface area (Å²) in [6.07, 6.45) is 0.703. The molecule has 0 radical (unpaired) electrons. The summed E-state index contributed by atoms with van der Waals surface area (Å²) in [5, 5.41) is 0. The lowest BCUT2D eigenvalue weighted by Crippen LogP contribution is -1.85. The smallest absolute Gasteiger partial charge is 0.118 e. The van der Waals surface area contributed by atoms with Crippen molar-refractivity contribution in [2.24, 2.45) is 0 Å². The molecule has 0 N–H and O–H groups in total. The van der Waals surface area contributed by atoms with Crippen LogP contribution in [0.15, 0.2) is 24.3 Å². The number of hydrogen-bond donors (Lipinski definition) is 0. The minimum absolute atomic E-state index is 0.316. The molecule has 0 saturated carbocycles. The second-order valence-corrected chi connectivity index (χ2v) is 3.03. The third kappa shape index (κ3) is 1.30. The summed E-state index contributed by atoms with van der Waals surface area (Å²) in [6.45, 7) is 2.08. The topological polar surface area (TPSA) is 21.8 Å². The monoisotopic (exact) mass is 164 g/mol. The van der Waals surface area contributed by atoms with Gasteiger partial charge < -0.3 is 9.47 Å². The highest BCUT2D eigenvalue weighted by Gasteiger charge is 2.35. The van der Waals surface area contributed by atoms with Crippen molar-refractivity contribution in [1.29, 1.82) is 0 Å². The van der Waals surface area contributed by atoms with Crippen LogP contribution in [0.25, 0.3) is 0 Å². The highest BCUT2D eigenvalue weighted by Crippen LogP contribution is 2.38. The minimum atomic E-state index is 0.316. The van der Waals surface area contributed by atoms with Gasteiger partial charge in [-0.2, -0.15) is 0 Å². The van der Waals surface area contributed by atoms with E-state index in [1.807, 2.05) is 24.3 Å². The van der Waals surface area contributed by atoms with Crippen molar-refractivity contribution in [3.63, 3.8) is 0 Å². The lowest BCUT2D eigenvalue weighted by molar-refractivity contribution is 0.382. The number of ether oxygens (including phenoxy) is 2. The van der Waals surface area contributed by atoms with Crippen LogP contribution < -0.4 is 4.74 Å². The van der Waals surface area contributed by atoms with Crippen molar-refractivity contribution in [2.75, 3.05) is 7.11 Å². The van der Waals surface area contributed by atoms with Crippen LogP contribution in [0.1, 0.15) is 18.6 Å². The molecule has 1 aliphatic rings. The average Bonchev–Trinajstić information content (AvgIpc) is 2.83. The largest absolute Gasteiger partial charge is 0.497 e. The maximum absolute atomic E-state index is 5.34. The average molecular weight is 164 g/mol. The number of rotatable bonds is 2. The predicted molar refractivity (Wildman–Crippen MR) is 46.3 cm³/mol. The Morgan fingerprint density at radius 2 is 1.83 bits per heavy atom. The van der Waals surface area contributed by atoms with Gasteiger partial charge in [0.05, 0.1) is 13.2 Å². The second-order valence-electron chi connectivity index (χ2n) is 3.03. The zero-order valence-corrected chi connectivity index (χ0v) is 7.28. The normalized spacial score (nSPS) is 26.8. The van der Waals surface area contributed by atoms with Gasteiger partial charge in [-0.15, -0.1) is 0 Å². The Bertz CT molecular complexity index is 266. The quantitative estimate of drug-likeness (QED) is 0.625. The zero-order chi connectivity index (χ0) is 8.55. The van der Waals surface area contributed by atoms with Gasteiger partial charge in [-0.25, -0.2) is 0 Å². The lowest BCUT2D eigenvalue weighted by atomic mass is 10.1. The molecule has 2 heteroatoms. The summed E-state index contributed by atoms with van der Waals surface area (Å²) < 4.78 is 10.4. The van der Waals surface area contributed by atoms with Crippen LogP contribution in [0.4, 0.5) is 0 Å².